The quantitative estimate of drug-likeness (QED) is 0.509. The molecule has 3 heterocycles. The van der Waals surface area contributed by atoms with Gasteiger partial charge in [-0.15, -0.1) is 0 Å². The lowest BCUT2D eigenvalue weighted by molar-refractivity contribution is -0.120. The average Bonchev–Trinajstić information content (AvgIpc) is 2.91. The Kier molecular flexibility index (Phi) is 8.86. The van der Waals surface area contributed by atoms with Crippen LogP contribution in [0.5, 0.6) is 5.75 Å². The van der Waals surface area contributed by atoms with Crippen LogP contribution in [0.15, 0.2) is 18.2 Å². The van der Waals surface area contributed by atoms with E-state index in [1.807, 2.05) is 4.90 Å². The van der Waals surface area contributed by atoms with Crippen molar-refractivity contribution in [2.24, 2.45) is 11.8 Å². The summed E-state index contributed by atoms with van der Waals surface area (Å²) in [5.41, 5.74) is 0.944. The molecule has 1 aromatic carbocycles. The Balaban J connectivity index is 1.22. The summed E-state index contributed by atoms with van der Waals surface area (Å²) in [7, 11) is 1.50. The van der Waals surface area contributed by atoms with E-state index in [1.54, 1.807) is 18.2 Å². The van der Waals surface area contributed by atoms with Crippen LogP contribution in [0, 0.1) is 11.8 Å². The second-order valence-electron chi connectivity index (χ2n) is 9.95. The predicted molar refractivity (Wildman–Crippen MR) is 135 cm³/mol. The number of nitrogens with one attached hydrogen (secondary N) is 1. The fourth-order valence-electron chi connectivity index (χ4n) is 5.23. The highest BCUT2D eigenvalue weighted by Crippen LogP contribution is 2.31. The Morgan fingerprint density at radius 1 is 1.00 bits per heavy atom. The highest BCUT2D eigenvalue weighted by atomic mass is 16.5. The molecular weight excluding hydrogens is 480 g/mol. The van der Waals surface area contributed by atoms with E-state index in [9.17, 15) is 19.2 Å². The van der Waals surface area contributed by atoms with Crippen molar-refractivity contribution < 1.29 is 33.8 Å². The molecule has 0 aromatic heterocycles. The SMILES string of the molecule is COc1ccc(C(=O)N2CCC(COCCC3CCN(C(=O)O)CC3)CC2)cc1N1CCC(=O)NC1=O. The van der Waals surface area contributed by atoms with Gasteiger partial charge in [-0.2, -0.15) is 0 Å². The fourth-order valence-corrected chi connectivity index (χ4v) is 5.23. The molecule has 3 fully saturated rings. The Hall–Kier alpha value is -3.34. The summed E-state index contributed by atoms with van der Waals surface area (Å²) in [5, 5.41) is 11.4. The number of nitrogens with zero attached hydrogens (tertiary/aromatic N) is 3. The minimum atomic E-state index is -0.834. The molecule has 5 amide bonds. The number of imide groups is 1. The highest BCUT2D eigenvalue weighted by Gasteiger charge is 2.29. The molecule has 0 aliphatic carbocycles. The van der Waals surface area contributed by atoms with Gasteiger partial charge in [-0.3, -0.25) is 19.8 Å². The molecule has 2 N–H and O–H groups in total. The number of carboxylic acid groups (broad SMARTS) is 1. The van der Waals surface area contributed by atoms with Crippen molar-refractivity contribution in [3.05, 3.63) is 23.8 Å². The zero-order valence-electron chi connectivity index (χ0n) is 21.3. The summed E-state index contributed by atoms with van der Waals surface area (Å²) in [6.07, 6.45) is 3.82. The number of rotatable bonds is 8. The van der Waals surface area contributed by atoms with Crippen molar-refractivity contribution in [2.45, 2.75) is 38.5 Å². The minimum absolute atomic E-state index is 0.0931. The maximum Gasteiger partial charge on any atom is 0.407 e. The summed E-state index contributed by atoms with van der Waals surface area (Å²) in [6, 6.07) is 4.52. The molecule has 0 radical (unpaired) electrons. The molecule has 0 atom stereocenters. The number of anilines is 1. The maximum absolute atomic E-state index is 13.2. The van der Waals surface area contributed by atoms with E-state index in [2.05, 4.69) is 5.32 Å². The molecule has 3 aliphatic heterocycles. The van der Waals surface area contributed by atoms with E-state index >= 15 is 0 Å². The lowest BCUT2D eigenvalue weighted by Gasteiger charge is -2.33. The van der Waals surface area contributed by atoms with E-state index < -0.39 is 12.1 Å². The van der Waals surface area contributed by atoms with Gasteiger partial charge in [0.2, 0.25) is 5.91 Å². The fraction of sp³-hybridized carbons (Fsp3) is 0.615. The largest absolute Gasteiger partial charge is 0.495 e. The molecule has 37 heavy (non-hydrogen) atoms. The van der Waals surface area contributed by atoms with E-state index in [-0.39, 0.29) is 24.8 Å². The third kappa shape index (κ3) is 6.71. The van der Waals surface area contributed by atoms with Gasteiger partial charge in [-0.05, 0) is 62.1 Å². The normalized spacial score (nSPS) is 19.6. The van der Waals surface area contributed by atoms with Gasteiger partial charge in [0.25, 0.3) is 5.91 Å². The van der Waals surface area contributed by atoms with Crippen molar-refractivity contribution >= 4 is 29.6 Å². The number of piperidine rings is 2. The summed E-state index contributed by atoms with van der Waals surface area (Å²) in [6.45, 7) is 4.07. The van der Waals surface area contributed by atoms with E-state index in [4.69, 9.17) is 14.6 Å². The molecule has 0 unspecified atom stereocenters. The van der Waals surface area contributed by atoms with Gasteiger partial charge >= 0.3 is 12.1 Å². The molecule has 1 aromatic rings. The second kappa shape index (κ2) is 12.3. The minimum Gasteiger partial charge on any atom is -0.495 e. The van der Waals surface area contributed by atoms with Crippen LogP contribution < -0.4 is 15.0 Å². The Bertz CT molecular complexity index is 1000. The molecule has 0 saturated carbocycles. The third-order valence-electron chi connectivity index (χ3n) is 7.58. The molecule has 0 bridgehead atoms. The van der Waals surface area contributed by atoms with Crippen LogP contribution in [-0.2, 0) is 9.53 Å². The standard InChI is InChI=1S/C26H36N4O7/c1-36-22-3-2-20(16-21(22)30-14-8-23(31)27-25(30)33)24(32)28-10-6-19(7-11-28)17-37-15-9-18-4-12-29(13-5-18)26(34)35/h2-3,16,18-19H,4-15,17H2,1H3,(H,34,35)(H,27,31,33). The number of amides is 5. The smallest absolute Gasteiger partial charge is 0.407 e. The number of carbonyl (C=O) groups is 4. The number of likely N-dealkylation sites (tertiary alicyclic amines) is 2. The Morgan fingerprint density at radius 3 is 2.32 bits per heavy atom. The number of urea groups is 1. The van der Waals surface area contributed by atoms with E-state index in [0.29, 0.717) is 68.2 Å². The zero-order valence-corrected chi connectivity index (χ0v) is 21.3. The van der Waals surface area contributed by atoms with Crippen molar-refractivity contribution in [1.29, 1.82) is 0 Å². The molecule has 4 rings (SSSR count). The van der Waals surface area contributed by atoms with E-state index in [1.165, 1.54) is 16.9 Å². The predicted octanol–water partition coefficient (Wildman–Crippen LogP) is 2.79. The van der Waals surface area contributed by atoms with Gasteiger partial charge in [0.1, 0.15) is 5.75 Å². The monoisotopic (exact) mass is 516 g/mol. The first-order chi connectivity index (χ1) is 17.9. The van der Waals surface area contributed by atoms with Crippen LogP contribution in [0.1, 0.15) is 48.9 Å². The van der Waals surface area contributed by atoms with Crippen LogP contribution in [0.2, 0.25) is 0 Å². The van der Waals surface area contributed by atoms with Crippen molar-refractivity contribution in [3.8, 4) is 5.75 Å². The van der Waals surface area contributed by atoms with Gasteiger partial charge in [-0.25, -0.2) is 9.59 Å². The zero-order chi connectivity index (χ0) is 26.4. The summed E-state index contributed by atoms with van der Waals surface area (Å²) < 4.78 is 11.3. The molecule has 11 heteroatoms. The van der Waals surface area contributed by atoms with Crippen molar-refractivity contribution in [1.82, 2.24) is 15.1 Å². The van der Waals surface area contributed by atoms with Crippen LogP contribution in [0.3, 0.4) is 0 Å². The van der Waals surface area contributed by atoms with Gasteiger partial charge < -0.3 is 24.4 Å². The molecule has 3 aliphatic rings. The molecule has 11 nitrogen and oxygen atoms in total. The third-order valence-corrected chi connectivity index (χ3v) is 7.58. The van der Waals surface area contributed by atoms with Crippen molar-refractivity contribution in [2.75, 3.05) is 57.9 Å². The molecule has 3 saturated heterocycles. The number of hydrogen-bond acceptors (Lipinski definition) is 6. The summed E-state index contributed by atoms with van der Waals surface area (Å²) in [4.78, 5) is 52.8. The Labute approximate surface area is 216 Å². The first kappa shape index (κ1) is 26.7. The highest BCUT2D eigenvalue weighted by molar-refractivity contribution is 6.07. The number of carbonyl (C=O) groups excluding carboxylic acids is 3. The molecule has 202 valence electrons. The van der Waals surface area contributed by atoms with Gasteiger partial charge in [0, 0.05) is 57.9 Å². The van der Waals surface area contributed by atoms with Gasteiger partial charge in [-0.1, -0.05) is 0 Å². The lowest BCUT2D eigenvalue weighted by Crippen LogP contribution is -2.49. The van der Waals surface area contributed by atoms with Crippen LogP contribution in [0.25, 0.3) is 0 Å². The topological polar surface area (TPSA) is 129 Å². The van der Waals surface area contributed by atoms with Gasteiger partial charge in [0.05, 0.1) is 12.8 Å². The summed E-state index contributed by atoms with van der Waals surface area (Å²) in [5.74, 6) is 0.967. The number of methoxy groups -OCH3 is 1. The van der Waals surface area contributed by atoms with Crippen molar-refractivity contribution in [3.63, 3.8) is 0 Å². The van der Waals surface area contributed by atoms with Crippen LogP contribution >= 0.6 is 0 Å². The number of hydrogen-bond donors (Lipinski definition) is 2. The average molecular weight is 517 g/mol. The molecule has 0 spiro atoms. The Morgan fingerprint density at radius 2 is 1.68 bits per heavy atom. The van der Waals surface area contributed by atoms with E-state index in [0.717, 1.165) is 32.1 Å². The van der Waals surface area contributed by atoms with Gasteiger partial charge in [0.15, 0.2) is 0 Å². The summed E-state index contributed by atoms with van der Waals surface area (Å²) >= 11 is 0. The van der Waals surface area contributed by atoms with Crippen LogP contribution in [0.4, 0.5) is 15.3 Å². The second-order valence-corrected chi connectivity index (χ2v) is 9.95. The molecular formula is C26H36N4O7. The lowest BCUT2D eigenvalue weighted by atomic mass is 9.94. The number of ether oxygens (including phenoxy) is 2. The first-order valence-electron chi connectivity index (χ1n) is 13.0. The maximum atomic E-state index is 13.2. The first-order valence-corrected chi connectivity index (χ1v) is 13.0. The number of benzene rings is 1. The van der Waals surface area contributed by atoms with Crippen LogP contribution in [-0.4, -0.2) is 91.9 Å².